The van der Waals surface area contributed by atoms with E-state index >= 15 is 0 Å². The first-order chi connectivity index (χ1) is 15.7. The molecule has 0 aliphatic carbocycles. The third-order valence-corrected chi connectivity index (χ3v) is 5.45. The Morgan fingerprint density at radius 1 is 0.970 bits per heavy atom. The van der Waals surface area contributed by atoms with E-state index in [1.165, 1.54) is 0 Å². The summed E-state index contributed by atoms with van der Waals surface area (Å²) in [6, 6.07) is 21.4. The zero-order valence-corrected chi connectivity index (χ0v) is 20.9. The number of anilines is 2. The molecule has 3 aromatic carbocycles. The van der Waals surface area contributed by atoms with Gasteiger partial charge in [0.15, 0.2) is 5.11 Å². The van der Waals surface area contributed by atoms with Crippen molar-refractivity contribution in [3.63, 3.8) is 0 Å². The summed E-state index contributed by atoms with van der Waals surface area (Å²) >= 11 is 8.69. The van der Waals surface area contributed by atoms with Gasteiger partial charge in [0.1, 0.15) is 5.75 Å². The monoisotopic (exact) mass is 525 g/mol. The molecule has 3 aromatic rings. The van der Waals surface area contributed by atoms with Crippen molar-refractivity contribution in [2.45, 2.75) is 20.0 Å². The first-order valence-electron chi connectivity index (χ1n) is 10.3. The number of ether oxygens (including phenoxy) is 1. The minimum absolute atomic E-state index is 0.0261. The van der Waals surface area contributed by atoms with Gasteiger partial charge < -0.3 is 15.0 Å². The highest BCUT2D eigenvalue weighted by molar-refractivity contribution is 9.10. The standard InChI is InChI=1S/C25H24BrN3O3S/c1-16(2)32-22-14-11-18(15-21(22)26)23(30)28-25(33)27-19-12-9-17(10-13-19)24(31)29(3)20-7-5-4-6-8-20/h4-16H,1-3H3,(H2,27,28,30,33). The lowest BCUT2D eigenvalue weighted by Gasteiger charge is -2.17. The lowest BCUT2D eigenvalue weighted by molar-refractivity contribution is 0.0974. The van der Waals surface area contributed by atoms with Gasteiger partial charge in [-0.15, -0.1) is 0 Å². The van der Waals surface area contributed by atoms with Crippen LogP contribution in [0.4, 0.5) is 11.4 Å². The highest BCUT2D eigenvalue weighted by atomic mass is 79.9. The van der Waals surface area contributed by atoms with E-state index in [0.717, 1.165) is 5.69 Å². The molecule has 0 aliphatic heterocycles. The van der Waals surface area contributed by atoms with Crippen molar-refractivity contribution < 1.29 is 14.3 Å². The molecule has 0 fully saturated rings. The Kier molecular flexibility index (Phi) is 8.19. The van der Waals surface area contributed by atoms with Gasteiger partial charge in [0.2, 0.25) is 0 Å². The quantitative estimate of drug-likeness (QED) is 0.407. The molecule has 0 heterocycles. The first-order valence-corrected chi connectivity index (χ1v) is 11.5. The number of para-hydroxylation sites is 1. The molecular weight excluding hydrogens is 502 g/mol. The fourth-order valence-electron chi connectivity index (χ4n) is 2.99. The van der Waals surface area contributed by atoms with Crippen LogP contribution in [-0.2, 0) is 0 Å². The number of carbonyl (C=O) groups excluding carboxylic acids is 2. The zero-order chi connectivity index (χ0) is 24.0. The number of halogens is 1. The van der Waals surface area contributed by atoms with Gasteiger partial charge in [-0.25, -0.2) is 0 Å². The lowest BCUT2D eigenvalue weighted by atomic mass is 10.1. The number of rotatable bonds is 6. The van der Waals surface area contributed by atoms with Crippen LogP contribution in [0.5, 0.6) is 5.75 Å². The number of hydrogen-bond donors (Lipinski definition) is 2. The van der Waals surface area contributed by atoms with Crippen LogP contribution in [0.2, 0.25) is 0 Å². The molecule has 0 spiro atoms. The summed E-state index contributed by atoms with van der Waals surface area (Å²) < 4.78 is 6.35. The highest BCUT2D eigenvalue weighted by Crippen LogP contribution is 2.27. The van der Waals surface area contributed by atoms with Crippen molar-refractivity contribution in [2.75, 3.05) is 17.3 Å². The van der Waals surface area contributed by atoms with Crippen molar-refractivity contribution in [1.29, 1.82) is 0 Å². The second kappa shape index (κ2) is 11.1. The van der Waals surface area contributed by atoms with E-state index in [2.05, 4.69) is 26.6 Å². The second-order valence-corrected chi connectivity index (χ2v) is 8.76. The van der Waals surface area contributed by atoms with Gasteiger partial charge in [-0.1, -0.05) is 18.2 Å². The van der Waals surface area contributed by atoms with E-state index < -0.39 is 0 Å². The van der Waals surface area contributed by atoms with Gasteiger partial charge >= 0.3 is 0 Å². The van der Waals surface area contributed by atoms with Crippen molar-refractivity contribution in [3.8, 4) is 5.75 Å². The lowest BCUT2D eigenvalue weighted by Crippen LogP contribution is -2.34. The summed E-state index contributed by atoms with van der Waals surface area (Å²) in [5, 5.41) is 5.77. The first kappa shape index (κ1) is 24.4. The fraction of sp³-hybridized carbons (Fsp3) is 0.160. The Hall–Kier alpha value is -3.23. The molecule has 3 rings (SSSR count). The molecule has 6 nitrogen and oxygen atoms in total. The topological polar surface area (TPSA) is 70.7 Å². The van der Waals surface area contributed by atoms with Gasteiger partial charge in [0.25, 0.3) is 11.8 Å². The number of amides is 2. The molecule has 2 N–H and O–H groups in total. The van der Waals surface area contributed by atoms with E-state index in [0.29, 0.717) is 27.0 Å². The van der Waals surface area contributed by atoms with E-state index in [1.54, 1.807) is 54.4 Å². The average Bonchev–Trinajstić information content (AvgIpc) is 2.80. The minimum Gasteiger partial charge on any atom is -0.490 e. The van der Waals surface area contributed by atoms with Gasteiger partial charge in [0, 0.05) is 29.5 Å². The zero-order valence-electron chi connectivity index (χ0n) is 18.5. The number of hydrogen-bond acceptors (Lipinski definition) is 4. The smallest absolute Gasteiger partial charge is 0.258 e. The maximum absolute atomic E-state index is 12.7. The maximum Gasteiger partial charge on any atom is 0.258 e. The number of benzene rings is 3. The van der Waals surface area contributed by atoms with Crippen molar-refractivity contribution in [2.24, 2.45) is 0 Å². The van der Waals surface area contributed by atoms with E-state index in [-0.39, 0.29) is 23.0 Å². The number of nitrogens with one attached hydrogen (secondary N) is 2. The maximum atomic E-state index is 12.7. The molecule has 0 aromatic heterocycles. The largest absolute Gasteiger partial charge is 0.490 e. The summed E-state index contributed by atoms with van der Waals surface area (Å²) in [6.45, 7) is 3.86. The van der Waals surface area contributed by atoms with Crippen LogP contribution >= 0.6 is 28.1 Å². The molecule has 0 atom stereocenters. The van der Waals surface area contributed by atoms with Gasteiger partial charge in [-0.3, -0.25) is 14.9 Å². The number of nitrogens with zero attached hydrogens (tertiary/aromatic N) is 1. The van der Waals surface area contributed by atoms with Crippen LogP contribution in [-0.4, -0.2) is 30.1 Å². The fourth-order valence-corrected chi connectivity index (χ4v) is 3.67. The van der Waals surface area contributed by atoms with Crippen molar-refractivity contribution in [3.05, 3.63) is 88.4 Å². The SMILES string of the molecule is CC(C)Oc1ccc(C(=O)NC(=S)Nc2ccc(C(=O)N(C)c3ccccc3)cc2)cc1Br. The molecule has 170 valence electrons. The predicted molar refractivity (Wildman–Crippen MR) is 139 cm³/mol. The minimum atomic E-state index is -0.347. The molecule has 0 radical (unpaired) electrons. The number of thiocarbonyl (C=S) groups is 1. The van der Waals surface area contributed by atoms with E-state index in [9.17, 15) is 9.59 Å². The molecule has 0 aliphatic rings. The third-order valence-electron chi connectivity index (χ3n) is 4.62. The van der Waals surface area contributed by atoms with Gasteiger partial charge in [0.05, 0.1) is 10.6 Å². The van der Waals surface area contributed by atoms with E-state index in [1.807, 2.05) is 44.2 Å². The Bertz CT molecular complexity index is 1150. The van der Waals surface area contributed by atoms with Gasteiger partial charge in [-0.2, -0.15) is 0 Å². The van der Waals surface area contributed by atoms with Crippen molar-refractivity contribution >= 4 is 56.4 Å². The molecular formula is C25H24BrN3O3S. The highest BCUT2D eigenvalue weighted by Gasteiger charge is 2.14. The van der Waals surface area contributed by atoms with Crippen LogP contribution in [0.25, 0.3) is 0 Å². The summed E-state index contributed by atoms with van der Waals surface area (Å²) in [6.07, 6.45) is 0.0261. The normalized spacial score (nSPS) is 10.5. The summed E-state index contributed by atoms with van der Waals surface area (Å²) in [4.78, 5) is 26.8. The Labute approximate surface area is 207 Å². The summed E-state index contributed by atoms with van der Waals surface area (Å²) in [7, 11) is 1.73. The average molecular weight is 526 g/mol. The Morgan fingerprint density at radius 2 is 1.61 bits per heavy atom. The Balaban J connectivity index is 1.59. The summed E-state index contributed by atoms with van der Waals surface area (Å²) in [5.41, 5.74) is 2.44. The molecule has 2 amide bonds. The molecule has 8 heteroatoms. The predicted octanol–water partition coefficient (Wildman–Crippen LogP) is 5.64. The van der Waals surface area contributed by atoms with Gasteiger partial charge in [-0.05, 0) is 96.6 Å². The molecule has 0 bridgehead atoms. The second-order valence-electron chi connectivity index (χ2n) is 7.50. The Morgan fingerprint density at radius 3 is 2.21 bits per heavy atom. The molecule has 0 saturated heterocycles. The van der Waals surface area contributed by atoms with Crippen LogP contribution < -0.4 is 20.3 Å². The number of carbonyl (C=O) groups is 2. The summed E-state index contributed by atoms with van der Waals surface area (Å²) in [5.74, 6) is 0.189. The van der Waals surface area contributed by atoms with Crippen LogP contribution in [0.15, 0.2) is 77.3 Å². The van der Waals surface area contributed by atoms with Crippen LogP contribution in [0, 0.1) is 0 Å². The van der Waals surface area contributed by atoms with Crippen LogP contribution in [0.3, 0.4) is 0 Å². The van der Waals surface area contributed by atoms with E-state index in [4.69, 9.17) is 17.0 Å². The molecule has 0 unspecified atom stereocenters. The molecule has 0 saturated carbocycles. The molecule has 33 heavy (non-hydrogen) atoms. The third kappa shape index (κ3) is 6.63. The van der Waals surface area contributed by atoms with Crippen molar-refractivity contribution in [1.82, 2.24) is 5.32 Å². The van der Waals surface area contributed by atoms with Crippen LogP contribution in [0.1, 0.15) is 34.6 Å².